The maximum absolute atomic E-state index is 12.3. The molecule has 0 radical (unpaired) electrons. The predicted molar refractivity (Wildman–Crippen MR) is 92.3 cm³/mol. The van der Waals surface area contributed by atoms with E-state index < -0.39 is 12.7 Å². The summed E-state index contributed by atoms with van der Waals surface area (Å²) in [7, 11) is 3.09. The largest absolute Gasteiger partial charge is 0.401 e. The Labute approximate surface area is 142 Å². The Kier molecular flexibility index (Phi) is 8.04. The molecule has 0 aliphatic heterocycles. The lowest BCUT2D eigenvalue weighted by Gasteiger charge is -2.21. The smallest absolute Gasteiger partial charge is 0.355 e. The van der Waals surface area contributed by atoms with Crippen molar-refractivity contribution < 1.29 is 13.2 Å². The lowest BCUT2D eigenvalue weighted by atomic mass is 10.1. The first-order chi connectivity index (χ1) is 11.2. The summed E-state index contributed by atoms with van der Waals surface area (Å²) in [5.74, 6) is 0.572. The molecule has 1 rings (SSSR count). The molecule has 0 heterocycles. The number of hydrogen-bond donors (Lipinski definition) is 2. The second kappa shape index (κ2) is 9.52. The first-order valence-corrected chi connectivity index (χ1v) is 8.06. The average molecular weight is 344 g/mol. The molecule has 1 aromatic rings. The molecule has 0 saturated heterocycles. The van der Waals surface area contributed by atoms with E-state index in [-0.39, 0.29) is 12.6 Å². The van der Waals surface area contributed by atoms with Gasteiger partial charge in [0.05, 0.1) is 12.6 Å². The summed E-state index contributed by atoms with van der Waals surface area (Å²) in [6.45, 7) is 3.87. The number of hydrogen-bond acceptors (Lipinski definition) is 2. The van der Waals surface area contributed by atoms with Gasteiger partial charge < -0.3 is 10.6 Å². The fourth-order valence-corrected chi connectivity index (χ4v) is 2.28. The predicted octanol–water partition coefficient (Wildman–Crippen LogP) is 2.97. The van der Waals surface area contributed by atoms with Gasteiger partial charge in [-0.1, -0.05) is 31.2 Å². The average Bonchev–Trinajstić information content (AvgIpc) is 2.52. The van der Waals surface area contributed by atoms with Crippen LogP contribution in [0.3, 0.4) is 0 Å². The van der Waals surface area contributed by atoms with Crippen molar-refractivity contribution in [3.8, 4) is 0 Å². The third-order valence-corrected chi connectivity index (χ3v) is 3.70. The Morgan fingerprint density at radius 2 is 1.88 bits per heavy atom. The van der Waals surface area contributed by atoms with Gasteiger partial charge in [0.1, 0.15) is 0 Å². The van der Waals surface area contributed by atoms with Crippen LogP contribution in [0.2, 0.25) is 0 Å². The van der Waals surface area contributed by atoms with Gasteiger partial charge in [-0.15, -0.1) is 0 Å². The molecule has 1 unspecified atom stereocenters. The highest BCUT2D eigenvalue weighted by Crippen LogP contribution is 2.15. The molecule has 0 aliphatic carbocycles. The molecule has 0 fully saturated rings. The van der Waals surface area contributed by atoms with Crippen molar-refractivity contribution in [3.05, 3.63) is 35.4 Å². The van der Waals surface area contributed by atoms with E-state index in [9.17, 15) is 13.2 Å². The van der Waals surface area contributed by atoms with Crippen LogP contribution in [0, 0.1) is 0 Å². The van der Waals surface area contributed by atoms with Crippen LogP contribution in [-0.2, 0) is 6.42 Å². The molecule has 7 heteroatoms. The zero-order valence-corrected chi connectivity index (χ0v) is 14.7. The summed E-state index contributed by atoms with van der Waals surface area (Å²) in [6, 6.07) is 8.38. The van der Waals surface area contributed by atoms with Crippen LogP contribution in [0.25, 0.3) is 0 Å². The summed E-state index contributed by atoms with van der Waals surface area (Å²) in [6.07, 6.45) is -3.18. The molecule has 1 atom stereocenters. The van der Waals surface area contributed by atoms with Gasteiger partial charge in [0.2, 0.25) is 0 Å². The highest BCUT2D eigenvalue weighted by atomic mass is 19.4. The fraction of sp³-hybridized carbons (Fsp3) is 0.588. The van der Waals surface area contributed by atoms with Crippen LogP contribution >= 0.6 is 0 Å². The van der Waals surface area contributed by atoms with Crippen molar-refractivity contribution >= 4 is 5.96 Å². The standard InChI is InChI=1S/C17H27F3N4/c1-5-14-6-8-15(9-7-14)13(2)23-16(21-3)22-10-11-24(4)12-17(18,19)20/h6-9,13H,5,10-12H2,1-4H3,(H2,21,22,23). The van der Waals surface area contributed by atoms with E-state index in [4.69, 9.17) is 0 Å². The number of guanidine groups is 1. The van der Waals surface area contributed by atoms with E-state index in [2.05, 4.69) is 46.8 Å². The maximum Gasteiger partial charge on any atom is 0.401 e. The number of aliphatic imine (C=N–C) groups is 1. The van der Waals surface area contributed by atoms with Crippen molar-refractivity contribution in [1.82, 2.24) is 15.5 Å². The minimum atomic E-state index is -4.17. The number of benzene rings is 1. The summed E-state index contributed by atoms with van der Waals surface area (Å²) >= 11 is 0. The minimum Gasteiger partial charge on any atom is -0.355 e. The number of likely N-dealkylation sites (N-methyl/N-ethyl adjacent to an activating group) is 1. The van der Waals surface area contributed by atoms with Crippen LogP contribution in [0.1, 0.15) is 31.0 Å². The van der Waals surface area contributed by atoms with Gasteiger partial charge in [-0.2, -0.15) is 13.2 Å². The van der Waals surface area contributed by atoms with Gasteiger partial charge in [0.25, 0.3) is 0 Å². The third-order valence-electron chi connectivity index (χ3n) is 3.70. The quantitative estimate of drug-likeness (QED) is 0.590. The lowest BCUT2D eigenvalue weighted by Crippen LogP contribution is -2.43. The van der Waals surface area contributed by atoms with Crippen LogP contribution in [0.4, 0.5) is 13.2 Å². The van der Waals surface area contributed by atoms with Crippen molar-refractivity contribution in [3.63, 3.8) is 0 Å². The zero-order valence-electron chi connectivity index (χ0n) is 14.7. The highest BCUT2D eigenvalue weighted by Gasteiger charge is 2.28. The number of nitrogens with one attached hydrogen (secondary N) is 2. The second-order valence-electron chi connectivity index (χ2n) is 5.81. The van der Waals surface area contributed by atoms with Crippen molar-refractivity contribution in [2.75, 3.05) is 33.7 Å². The topological polar surface area (TPSA) is 39.7 Å². The molecule has 2 N–H and O–H groups in total. The monoisotopic (exact) mass is 344 g/mol. The summed E-state index contributed by atoms with van der Waals surface area (Å²) in [4.78, 5) is 5.34. The van der Waals surface area contributed by atoms with Crippen molar-refractivity contribution in [1.29, 1.82) is 0 Å². The Bertz CT molecular complexity index is 512. The normalized spacial score (nSPS) is 13.9. The fourth-order valence-electron chi connectivity index (χ4n) is 2.28. The number of nitrogens with zero attached hydrogens (tertiary/aromatic N) is 2. The molecular weight excluding hydrogens is 317 g/mol. The number of halogens is 3. The number of alkyl halides is 3. The van der Waals surface area contributed by atoms with E-state index in [0.717, 1.165) is 12.0 Å². The lowest BCUT2D eigenvalue weighted by molar-refractivity contribution is -0.142. The summed E-state index contributed by atoms with van der Waals surface area (Å²) in [5.41, 5.74) is 2.41. The molecular formula is C17H27F3N4. The number of rotatable bonds is 7. The van der Waals surface area contributed by atoms with E-state index in [1.165, 1.54) is 17.5 Å². The van der Waals surface area contributed by atoms with Gasteiger partial charge in [0.15, 0.2) is 5.96 Å². The Morgan fingerprint density at radius 1 is 1.25 bits per heavy atom. The van der Waals surface area contributed by atoms with Crippen molar-refractivity contribution in [2.24, 2.45) is 4.99 Å². The Hall–Kier alpha value is -1.76. The van der Waals surface area contributed by atoms with Crippen LogP contribution in [-0.4, -0.2) is 50.8 Å². The van der Waals surface area contributed by atoms with Gasteiger partial charge in [-0.25, -0.2) is 0 Å². The molecule has 0 aliphatic rings. The SMILES string of the molecule is CCc1ccc(C(C)NC(=NC)NCCN(C)CC(F)(F)F)cc1. The van der Waals surface area contributed by atoms with E-state index in [0.29, 0.717) is 12.5 Å². The summed E-state index contributed by atoms with van der Waals surface area (Å²) < 4.78 is 36.8. The molecule has 0 aromatic heterocycles. The van der Waals surface area contributed by atoms with Crippen molar-refractivity contribution in [2.45, 2.75) is 32.5 Å². The molecule has 0 amide bonds. The van der Waals surface area contributed by atoms with Gasteiger partial charge in [-0.3, -0.25) is 9.89 Å². The second-order valence-corrected chi connectivity index (χ2v) is 5.81. The van der Waals surface area contributed by atoms with Crippen LogP contribution in [0.15, 0.2) is 29.3 Å². The maximum atomic E-state index is 12.3. The van der Waals surface area contributed by atoms with Crippen LogP contribution < -0.4 is 10.6 Å². The van der Waals surface area contributed by atoms with E-state index >= 15 is 0 Å². The first kappa shape index (κ1) is 20.3. The minimum absolute atomic E-state index is 0.0509. The van der Waals surface area contributed by atoms with Gasteiger partial charge in [0, 0.05) is 20.1 Å². The van der Waals surface area contributed by atoms with E-state index in [1.54, 1.807) is 7.05 Å². The zero-order chi connectivity index (χ0) is 18.2. The van der Waals surface area contributed by atoms with Gasteiger partial charge >= 0.3 is 6.18 Å². The van der Waals surface area contributed by atoms with Gasteiger partial charge in [-0.05, 0) is 31.5 Å². The first-order valence-electron chi connectivity index (χ1n) is 8.06. The van der Waals surface area contributed by atoms with E-state index in [1.807, 2.05) is 6.92 Å². The Morgan fingerprint density at radius 3 is 2.38 bits per heavy atom. The molecule has 24 heavy (non-hydrogen) atoms. The summed E-state index contributed by atoms with van der Waals surface area (Å²) in [5, 5.41) is 6.28. The highest BCUT2D eigenvalue weighted by molar-refractivity contribution is 5.80. The molecule has 136 valence electrons. The molecule has 0 bridgehead atoms. The third kappa shape index (κ3) is 7.68. The molecule has 4 nitrogen and oxygen atoms in total. The Balaban J connectivity index is 2.43. The molecule has 0 saturated carbocycles. The van der Waals surface area contributed by atoms with Crippen LogP contribution in [0.5, 0.6) is 0 Å². The number of aryl methyl sites for hydroxylation is 1. The molecule has 0 spiro atoms. The molecule has 1 aromatic carbocycles.